The number of hydrogen-bond donors (Lipinski definition) is 2. The van der Waals surface area contributed by atoms with Crippen LogP contribution in [0.4, 0.5) is 5.69 Å². The molecular weight excluding hydrogens is 228 g/mol. The minimum atomic E-state index is 0.146. The van der Waals surface area contributed by atoms with Gasteiger partial charge in [0.2, 0.25) is 0 Å². The Balaban J connectivity index is 2.71. The van der Waals surface area contributed by atoms with Crippen molar-refractivity contribution >= 4 is 5.69 Å². The van der Waals surface area contributed by atoms with Crippen LogP contribution >= 0.6 is 0 Å². The molecule has 0 radical (unpaired) electrons. The van der Waals surface area contributed by atoms with Crippen LogP contribution in [0.15, 0.2) is 18.2 Å². The van der Waals surface area contributed by atoms with Crippen LogP contribution in [-0.4, -0.2) is 39.0 Å². The van der Waals surface area contributed by atoms with Gasteiger partial charge in [0.1, 0.15) is 5.75 Å². The molecule has 0 aliphatic carbocycles. The Labute approximate surface area is 110 Å². The molecule has 1 aromatic rings. The first-order chi connectivity index (χ1) is 8.60. The highest BCUT2D eigenvalue weighted by Gasteiger charge is 2.10. The van der Waals surface area contributed by atoms with E-state index in [0.29, 0.717) is 12.4 Å². The van der Waals surface area contributed by atoms with Gasteiger partial charge in [0.05, 0.1) is 6.61 Å². The van der Waals surface area contributed by atoms with Crippen LogP contribution in [0.1, 0.15) is 25.5 Å². The third kappa shape index (κ3) is 3.89. The molecule has 0 saturated heterocycles. The summed E-state index contributed by atoms with van der Waals surface area (Å²) >= 11 is 0. The minimum absolute atomic E-state index is 0.146. The number of ether oxygens (including phenoxy) is 1. The third-order valence-electron chi connectivity index (χ3n) is 3.13. The number of likely N-dealkylation sites (N-methyl/N-ethyl adjacent to an activating group) is 1. The Kier molecular flexibility index (Phi) is 5.95. The van der Waals surface area contributed by atoms with Crippen LogP contribution < -0.4 is 10.2 Å². The van der Waals surface area contributed by atoms with Crippen molar-refractivity contribution in [3.8, 4) is 5.75 Å². The molecule has 0 saturated carbocycles. The number of aromatic hydroxyl groups is 1. The summed E-state index contributed by atoms with van der Waals surface area (Å²) in [5, 5.41) is 13.1. The molecule has 0 aliphatic heterocycles. The summed E-state index contributed by atoms with van der Waals surface area (Å²) in [6, 6.07) is 5.93. The second kappa shape index (κ2) is 7.24. The number of rotatable bonds is 7. The predicted octanol–water partition coefficient (Wildman–Crippen LogP) is 2.15. The standard InChI is InChI=1S/C14H24N2O2/c1-5-18-9-8-16(4)12-6-7-13(11(2)15-3)14(17)10-12/h6-7,10-11,15,17H,5,8-9H2,1-4H3. The molecule has 1 atom stereocenters. The van der Waals surface area contributed by atoms with Crippen LogP contribution in [0.3, 0.4) is 0 Å². The molecular formula is C14H24N2O2. The number of anilines is 1. The Morgan fingerprint density at radius 3 is 2.72 bits per heavy atom. The van der Waals surface area contributed by atoms with Crippen molar-refractivity contribution in [2.45, 2.75) is 19.9 Å². The molecule has 0 fully saturated rings. The molecule has 1 rings (SSSR count). The Morgan fingerprint density at radius 1 is 1.44 bits per heavy atom. The van der Waals surface area contributed by atoms with E-state index in [2.05, 4.69) is 10.2 Å². The van der Waals surface area contributed by atoms with E-state index in [4.69, 9.17) is 4.74 Å². The van der Waals surface area contributed by atoms with Crippen LogP contribution in [-0.2, 0) is 4.74 Å². The summed E-state index contributed by atoms with van der Waals surface area (Å²) in [4.78, 5) is 2.07. The molecule has 4 nitrogen and oxygen atoms in total. The van der Waals surface area contributed by atoms with E-state index < -0.39 is 0 Å². The lowest BCUT2D eigenvalue weighted by Crippen LogP contribution is -2.22. The summed E-state index contributed by atoms with van der Waals surface area (Å²) in [5.41, 5.74) is 1.92. The first-order valence-electron chi connectivity index (χ1n) is 6.39. The van der Waals surface area contributed by atoms with Crippen LogP contribution in [0.5, 0.6) is 5.75 Å². The average Bonchev–Trinajstić information content (AvgIpc) is 2.38. The fourth-order valence-corrected chi connectivity index (χ4v) is 1.77. The van der Waals surface area contributed by atoms with Gasteiger partial charge < -0.3 is 20.1 Å². The molecule has 0 amide bonds. The highest BCUT2D eigenvalue weighted by atomic mass is 16.5. The summed E-state index contributed by atoms with van der Waals surface area (Å²) < 4.78 is 5.32. The van der Waals surface area contributed by atoms with E-state index in [1.54, 1.807) is 6.07 Å². The maximum absolute atomic E-state index is 10.0. The van der Waals surface area contributed by atoms with Gasteiger partial charge in [-0.1, -0.05) is 6.07 Å². The van der Waals surface area contributed by atoms with Crippen LogP contribution in [0.2, 0.25) is 0 Å². The van der Waals surface area contributed by atoms with Crippen molar-refractivity contribution in [3.63, 3.8) is 0 Å². The molecule has 102 valence electrons. The molecule has 0 heterocycles. The number of nitrogens with zero attached hydrogens (tertiary/aromatic N) is 1. The number of nitrogens with one attached hydrogen (secondary N) is 1. The van der Waals surface area contributed by atoms with E-state index in [9.17, 15) is 5.11 Å². The van der Waals surface area contributed by atoms with E-state index in [-0.39, 0.29) is 6.04 Å². The molecule has 0 aromatic heterocycles. The quantitative estimate of drug-likeness (QED) is 0.730. The van der Waals surface area contributed by atoms with Crippen LogP contribution in [0.25, 0.3) is 0 Å². The Morgan fingerprint density at radius 2 is 2.17 bits per heavy atom. The highest BCUT2D eigenvalue weighted by molar-refractivity contribution is 5.53. The van der Waals surface area contributed by atoms with Gasteiger partial charge in [-0.3, -0.25) is 0 Å². The van der Waals surface area contributed by atoms with Crippen molar-refractivity contribution in [3.05, 3.63) is 23.8 Å². The number of hydrogen-bond acceptors (Lipinski definition) is 4. The molecule has 18 heavy (non-hydrogen) atoms. The van der Waals surface area contributed by atoms with Crippen molar-refractivity contribution in [2.75, 3.05) is 38.8 Å². The lowest BCUT2D eigenvalue weighted by atomic mass is 10.1. The second-order valence-corrected chi connectivity index (χ2v) is 4.37. The zero-order chi connectivity index (χ0) is 13.5. The second-order valence-electron chi connectivity index (χ2n) is 4.37. The van der Waals surface area contributed by atoms with E-state index >= 15 is 0 Å². The normalized spacial score (nSPS) is 12.4. The lowest BCUT2D eigenvalue weighted by Gasteiger charge is -2.21. The molecule has 0 spiro atoms. The molecule has 0 bridgehead atoms. The van der Waals surface area contributed by atoms with Gasteiger partial charge in [0.25, 0.3) is 0 Å². The summed E-state index contributed by atoms with van der Waals surface area (Å²) in [7, 11) is 3.88. The molecule has 0 aliphatic rings. The van der Waals surface area contributed by atoms with Crippen LogP contribution in [0, 0.1) is 0 Å². The van der Waals surface area contributed by atoms with Gasteiger partial charge in [-0.25, -0.2) is 0 Å². The smallest absolute Gasteiger partial charge is 0.122 e. The zero-order valence-corrected chi connectivity index (χ0v) is 11.7. The van der Waals surface area contributed by atoms with E-state index in [1.807, 2.05) is 40.1 Å². The van der Waals surface area contributed by atoms with Gasteiger partial charge in [-0.05, 0) is 27.0 Å². The Hall–Kier alpha value is -1.26. The maximum Gasteiger partial charge on any atom is 0.122 e. The van der Waals surface area contributed by atoms with E-state index in [1.165, 1.54) is 0 Å². The Bertz CT molecular complexity index is 369. The number of phenols is 1. The monoisotopic (exact) mass is 252 g/mol. The summed E-state index contributed by atoms with van der Waals surface area (Å²) in [5.74, 6) is 0.331. The molecule has 4 heteroatoms. The lowest BCUT2D eigenvalue weighted by molar-refractivity contribution is 0.154. The molecule has 1 unspecified atom stereocenters. The van der Waals surface area contributed by atoms with Crippen molar-refractivity contribution < 1.29 is 9.84 Å². The van der Waals surface area contributed by atoms with Crippen molar-refractivity contribution in [1.82, 2.24) is 5.32 Å². The SMILES string of the molecule is CCOCCN(C)c1ccc(C(C)NC)c(O)c1. The van der Waals surface area contributed by atoms with Gasteiger partial charge in [-0.15, -0.1) is 0 Å². The first kappa shape index (κ1) is 14.8. The largest absolute Gasteiger partial charge is 0.508 e. The van der Waals surface area contributed by atoms with Gasteiger partial charge in [-0.2, -0.15) is 0 Å². The van der Waals surface area contributed by atoms with Crippen molar-refractivity contribution in [1.29, 1.82) is 0 Å². The fourth-order valence-electron chi connectivity index (χ4n) is 1.77. The summed E-state index contributed by atoms with van der Waals surface area (Å²) in [6.45, 7) is 6.25. The van der Waals surface area contributed by atoms with Gasteiger partial charge >= 0.3 is 0 Å². The minimum Gasteiger partial charge on any atom is -0.508 e. The highest BCUT2D eigenvalue weighted by Crippen LogP contribution is 2.28. The zero-order valence-electron chi connectivity index (χ0n) is 11.7. The maximum atomic E-state index is 10.0. The fraction of sp³-hybridized carbons (Fsp3) is 0.571. The molecule has 1 aromatic carbocycles. The summed E-state index contributed by atoms with van der Waals surface area (Å²) in [6.07, 6.45) is 0. The van der Waals surface area contributed by atoms with Crippen molar-refractivity contribution in [2.24, 2.45) is 0 Å². The topological polar surface area (TPSA) is 44.7 Å². The third-order valence-corrected chi connectivity index (χ3v) is 3.13. The number of phenolic OH excluding ortho intramolecular Hbond substituents is 1. The first-order valence-corrected chi connectivity index (χ1v) is 6.39. The predicted molar refractivity (Wildman–Crippen MR) is 75.3 cm³/mol. The number of benzene rings is 1. The van der Waals surface area contributed by atoms with Gasteiger partial charge in [0, 0.05) is 43.6 Å². The van der Waals surface area contributed by atoms with E-state index in [0.717, 1.165) is 24.4 Å². The van der Waals surface area contributed by atoms with Gasteiger partial charge in [0.15, 0.2) is 0 Å². The molecule has 2 N–H and O–H groups in total. The average molecular weight is 252 g/mol.